The fraction of sp³-hybridized carbons (Fsp3) is 0.111. The first-order valence-electron chi connectivity index (χ1n) is 7.41. The van der Waals surface area contributed by atoms with Gasteiger partial charge in [0.15, 0.2) is 0 Å². The first kappa shape index (κ1) is 12.8. The lowest BCUT2D eigenvalue weighted by Crippen LogP contribution is -1.92. The number of para-hydroxylation sites is 1. The van der Waals surface area contributed by atoms with Gasteiger partial charge >= 0.3 is 0 Å². The molecular weight excluding hydrogens is 272 g/mol. The van der Waals surface area contributed by atoms with Gasteiger partial charge in [0.1, 0.15) is 5.82 Å². The largest absolute Gasteiger partial charge is 0.344 e. The third-order valence-electron chi connectivity index (χ3n) is 3.93. The van der Waals surface area contributed by atoms with Gasteiger partial charge in [-0.05, 0) is 31.2 Å². The number of imidazole rings is 1. The van der Waals surface area contributed by atoms with Crippen molar-refractivity contribution < 1.29 is 0 Å². The summed E-state index contributed by atoms with van der Waals surface area (Å²) in [5.41, 5.74) is 3.45. The van der Waals surface area contributed by atoms with Crippen LogP contribution < -0.4 is 0 Å². The van der Waals surface area contributed by atoms with Gasteiger partial charge in [0, 0.05) is 40.7 Å². The lowest BCUT2D eigenvalue weighted by molar-refractivity contribution is 0.827. The van der Waals surface area contributed by atoms with E-state index in [9.17, 15) is 0 Å². The number of rotatable bonds is 3. The van der Waals surface area contributed by atoms with Crippen molar-refractivity contribution in [1.82, 2.24) is 14.5 Å². The molecule has 0 saturated carbocycles. The average Bonchev–Trinajstić information content (AvgIpc) is 3.18. The van der Waals surface area contributed by atoms with Crippen molar-refractivity contribution in [2.75, 3.05) is 0 Å². The lowest BCUT2D eigenvalue weighted by Gasteiger charge is -2.02. The Bertz CT molecular complexity index is 962. The van der Waals surface area contributed by atoms with Crippen molar-refractivity contribution in [3.05, 3.63) is 60.7 Å². The van der Waals surface area contributed by atoms with E-state index in [1.165, 1.54) is 21.8 Å². The Balaban J connectivity index is 1.88. The Labute approximate surface area is 128 Å². The highest BCUT2D eigenvalue weighted by atomic mass is 15.0. The van der Waals surface area contributed by atoms with E-state index >= 15 is 0 Å². The number of hydrogen-bond acceptors (Lipinski definition) is 2. The number of nitrogens with zero attached hydrogens (tertiary/aromatic N) is 3. The van der Waals surface area contributed by atoms with Crippen LogP contribution in [0.5, 0.6) is 0 Å². The minimum absolute atomic E-state index is 0.760. The first-order chi connectivity index (χ1) is 10.9. The maximum Gasteiger partial charge on any atom is 0.148 e. The van der Waals surface area contributed by atoms with Crippen LogP contribution in [0.3, 0.4) is 0 Å². The van der Waals surface area contributed by atoms with Crippen molar-refractivity contribution >= 4 is 33.7 Å². The Morgan fingerprint density at radius 3 is 2.82 bits per heavy atom. The number of aromatic nitrogens is 3. The Morgan fingerprint density at radius 1 is 1.14 bits per heavy atom. The molecular formula is C18H16N4. The molecule has 4 rings (SSSR count). The van der Waals surface area contributed by atoms with Gasteiger partial charge in [-0.25, -0.2) is 4.98 Å². The van der Waals surface area contributed by atoms with Gasteiger partial charge < -0.3 is 9.55 Å². The fourth-order valence-corrected chi connectivity index (χ4v) is 2.95. The summed E-state index contributed by atoms with van der Waals surface area (Å²) in [7, 11) is 0. The molecule has 2 aromatic heterocycles. The molecule has 22 heavy (non-hydrogen) atoms. The molecule has 0 unspecified atom stereocenters. The molecule has 0 spiro atoms. The molecule has 0 fully saturated rings. The number of hydrogen-bond donors (Lipinski definition) is 1. The van der Waals surface area contributed by atoms with E-state index in [-0.39, 0.29) is 0 Å². The van der Waals surface area contributed by atoms with Gasteiger partial charge in [-0.3, -0.25) is 4.99 Å². The van der Waals surface area contributed by atoms with E-state index in [0.717, 1.165) is 18.1 Å². The Kier molecular flexibility index (Phi) is 3.00. The molecule has 0 bridgehead atoms. The molecule has 4 nitrogen and oxygen atoms in total. The standard InChI is InChI=1S/C18H16N4/c1-2-22-16-6-4-3-5-14(16)15-11-13(7-8-17(15)22)21-12-18-19-9-10-20-18/h3-12H,2H2,1H3,(H,19,20). The number of aliphatic imine (C=N–C) groups is 1. The second-order valence-corrected chi connectivity index (χ2v) is 5.20. The zero-order chi connectivity index (χ0) is 14.9. The molecule has 4 aromatic rings. The van der Waals surface area contributed by atoms with E-state index in [2.05, 4.69) is 62.8 Å². The summed E-state index contributed by atoms with van der Waals surface area (Å²) in [5.74, 6) is 0.760. The first-order valence-corrected chi connectivity index (χ1v) is 7.41. The zero-order valence-electron chi connectivity index (χ0n) is 12.3. The Morgan fingerprint density at radius 2 is 2.00 bits per heavy atom. The van der Waals surface area contributed by atoms with E-state index in [4.69, 9.17) is 0 Å². The Hall–Kier alpha value is -2.88. The van der Waals surface area contributed by atoms with Crippen LogP contribution in [0.25, 0.3) is 21.8 Å². The lowest BCUT2D eigenvalue weighted by atomic mass is 10.1. The molecule has 2 aromatic carbocycles. The van der Waals surface area contributed by atoms with Gasteiger partial charge in [0.05, 0.1) is 11.9 Å². The predicted octanol–water partition coefficient (Wildman–Crippen LogP) is 4.29. The summed E-state index contributed by atoms with van der Waals surface area (Å²) in [6, 6.07) is 14.8. The van der Waals surface area contributed by atoms with Crippen LogP contribution in [0.2, 0.25) is 0 Å². The molecule has 0 radical (unpaired) electrons. The van der Waals surface area contributed by atoms with Crippen molar-refractivity contribution in [2.45, 2.75) is 13.5 Å². The minimum atomic E-state index is 0.760. The van der Waals surface area contributed by atoms with E-state index in [1.807, 2.05) is 6.07 Å². The van der Waals surface area contributed by atoms with Crippen LogP contribution in [-0.2, 0) is 6.54 Å². The van der Waals surface area contributed by atoms with Crippen LogP contribution in [0.4, 0.5) is 5.69 Å². The number of aryl methyl sites for hydroxylation is 1. The number of H-pyrrole nitrogens is 1. The average molecular weight is 288 g/mol. The SMILES string of the molecule is CCn1c2ccccc2c2cc(N=Cc3ncc[nH]3)ccc21. The monoisotopic (exact) mass is 288 g/mol. The summed E-state index contributed by atoms with van der Waals surface area (Å²) in [4.78, 5) is 11.7. The van der Waals surface area contributed by atoms with Crippen LogP contribution in [-0.4, -0.2) is 20.7 Å². The summed E-state index contributed by atoms with van der Waals surface area (Å²) in [6.45, 7) is 3.13. The fourth-order valence-electron chi connectivity index (χ4n) is 2.95. The number of fused-ring (bicyclic) bond motifs is 3. The van der Waals surface area contributed by atoms with Gasteiger partial charge in [-0.2, -0.15) is 0 Å². The van der Waals surface area contributed by atoms with Crippen LogP contribution in [0.15, 0.2) is 59.9 Å². The molecule has 0 saturated heterocycles. The maximum absolute atomic E-state index is 4.51. The second kappa shape index (κ2) is 5.15. The molecule has 0 amide bonds. The highest BCUT2D eigenvalue weighted by Gasteiger charge is 2.09. The molecule has 0 aliphatic carbocycles. The smallest absolute Gasteiger partial charge is 0.148 e. The summed E-state index contributed by atoms with van der Waals surface area (Å²) >= 11 is 0. The number of aromatic amines is 1. The molecule has 4 heteroatoms. The zero-order valence-corrected chi connectivity index (χ0v) is 12.3. The third-order valence-corrected chi connectivity index (χ3v) is 3.93. The minimum Gasteiger partial charge on any atom is -0.344 e. The van der Waals surface area contributed by atoms with Gasteiger partial charge in [-0.15, -0.1) is 0 Å². The van der Waals surface area contributed by atoms with Gasteiger partial charge in [0.2, 0.25) is 0 Å². The van der Waals surface area contributed by atoms with E-state index < -0.39 is 0 Å². The number of benzene rings is 2. The molecule has 108 valence electrons. The molecule has 0 aliphatic heterocycles. The summed E-state index contributed by atoms with van der Waals surface area (Å²) in [5, 5.41) is 2.51. The normalized spacial score (nSPS) is 11.9. The quantitative estimate of drug-likeness (QED) is 0.562. The van der Waals surface area contributed by atoms with Crippen molar-refractivity contribution in [3.63, 3.8) is 0 Å². The van der Waals surface area contributed by atoms with Crippen LogP contribution >= 0.6 is 0 Å². The number of nitrogens with one attached hydrogen (secondary N) is 1. The molecule has 0 aliphatic rings. The van der Waals surface area contributed by atoms with Crippen LogP contribution in [0.1, 0.15) is 12.7 Å². The predicted molar refractivity (Wildman–Crippen MR) is 91.0 cm³/mol. The van der Waals surface area contributed by atoms with Crippen molar-refractivity contribution in [2.24, 2.45) is 4.99 Å². The van der Waals surface area contributed by atoms with Gasteiger partial charge in [0.25, 0.3) is 0 Å². The van der Waals surface area contributed by atoms with Crippen molar-refractivity contribution in [3.8, 4) is 0 Å². The maximum atomic E-state index is 4.51. The third kappa shape index (κ3) is 2.00. The molecule has 2 heterocycles. The van der Waals surface area contributed by atoms with Gasteiger partial charge in [-0.1, -0.05) is 18.2 Å². The van der Waals surface area contributed by atoms with E-state index in [1.54, 1.807) is 18.6 Å². The van der Waals surface area contributed by atoms with E-state index in [0.29, 0.717) is 0 Å². The van der Waals surface area contributed by atoms with Crippen LogP contribution in [0, 0.1) is 0 Å². The topological polar surface area (TPSA) is 46.0 Å². The second-order valence-electron chi connectivity index (χ2n) is 5.20. The van der Waals surface area contributed by atoms with Crippen molar-refractivity contribution in [1.29, 1.82) is 0 Å². The molecule has 1 N–H and O–H groups in total. The highest BCUT2D eigenvalue weighted by Crippen LogP contribution is 2.31. The summed E-state index contributed by atoms with van der Waals surface area (Å²) < 4.78 is 2.34. The summed E-state index contributed by atoms with van der Waals surface area (Å²) in [6.07, 6.45) is 5.26. The molecule has 0 atom stereocenters. The highest BCUT2D eigenvalue weighted by molar-refractivity contribution is 6.09.